The first-order valence-corrected chi connectivity index (χ1v) is 11.7. The molecular weight excluding hydrogens is 442 g/mol. The van der Waals surface area contributed by atoms with Gasteiger partial charge in [0.2, 0.25) is 5.91 Å². The molecule has 0 aliphatic rings. The van der Waals surface area contributed by atoms with Crippen molar-refractivity contribution in [3.63, 3.8) is 0 Å². The fourth-order valence-corrected chi connectivity index (χ4v) is 5.12. The van der Waals surface area contributed by atoms with E-state index in [-0.39, 0.29) is 17.2 Å². The topological polar surface area (TPSA) is 81.1 Å². The molecule has 162 valence electrons. The number of carbonyl (C=O) groups is 2. The number of Topliss-reactive ketones (excluding diaryl/α,β-unsaturated/α-hetero) is 1. The number of rotatable bonds is 6. The summed E-state index contributed by atoms with van der Waals surface area (Å²) in [6, 6.07) is 18.5. The number of aromatic nitrogens is 2. The van der Waals surface area contributed by atoms with Crippen LogP contribution in [0, 0.1) is 0 Å². The summed E-state index contributed by atoms with van der Waals surface area (Å²) >= 11 is 2.68. The molecule has 2 aromatic carbocycles. The lowest BCUT2D eigenvalue weighted by molar-refractivity contribution is -0.115. The van der Waals surface area contributed by atoms with E-state index in [2.05, 4.69) is 10.3 Å². The van der Waals surface area contributed by atoms with E-state index in [1.54, 1.807) is 38.2 Å². The SMILES string of the molecule is CC(=O)c1cccc(NC(=O)C(C)Sc2nc3sc(-c4ccccc4)cc3c(=O)n2C)c1. The highest BCUT2D eigenvalue weighted by Gasteiger charge is 2.20. The number of benzene rings is 2. The maximum absolute atomic E-state index is 12.9. The zero-order valence-corrected chi connectivity index (χ0v) is 19.4. The van der Waals surface area contributed by atoms with Crippen molar-refractivity contribution < 1.29 is 9.59 Å². The van der Waals surface area contributed by atoms with Gasteiger partial charge in [0.05, 0.1) is 10.6 Å². The highest BCUT2D eigenvalue weighted by molar-refractivity contribution is 8.00. The number of ketones is 1. The molecule has 0 fully saturated rings. The third kappa shape index (κ3) is 4.51. The molecule has 1 atom stereocenters. The van der Waals surface area contributed by atoms with Gasteiger partial charge in [-0.3, -0.25) is 19.0 Å². The van der Waals surface area contributed by atoms with Gasteiger partial charge >= 0.3 is 0 Å². The van der Waals surface area contributed by atoms with E-state index in [9.17, 15) is 14.4 Å². The number of anilines is 1. The number of amides is 1. The molecule has 0 bridgehead atoms. The number of nitrogens with one attached hydrogen (secondary N) is 1. The zero-order chi connectivity index (χ0) is 22.8. The van der Waals surface area contributed by atoms with E-state index in [4.69, 9.17) is 0 Å². The number of thiophene rings is 1. The van der Waals surface area contributed by atoms with Gasteiger partial charge in [-0.1, -0.05) is 54.2 Å². The maximum Gasteiger partial charge on any atom is 0.262 e. The Morgan fingerprint density at radius 1 is 1.09 bits per heavy atom. The first kappa shape index (κ1) is 22.0. The molecule has 8 heteroatoms. The Kier molecular flexibility index (Phi) is 6.25. The van der Waals surface area contributed by atoms with Crippen molar-refractivity contribution in [2.45, 2.75) is 24.3 Å². The van der Waals surface area contributed by atoms with Gasteiger partial charge < -0.3 is 5.32 Å². The lowest BCUT2D eigenvalue weighted by Gasteiger charge is -2.13. The number of carbonyl (C=O) groups excluding carboxylic acids is 2. The fourth-order valence-electron chi connectivity index (χ4n) is 3.17. The van der Waals surface area contributed by atoms with Crippen LogP contribution in [0.5, 0.6) is 0 Å². The van der Waals surface area contributed by atoms with Gasteiger partial charge in [0.15, 0.2) is 10.9 Å². The van der Waals surface area contributed by atoms with Crippen LogP contribution in [-0.4, -0.2) is 26.5 Å². The predicted molar refractivity (Wildman–Crippen MR) is 131 cm³/mol. The van der Waals surface area contributed by atoms with Crippen molar-refractivity contribution in [3.8, 4) is 10.4 Å². The van der Waals surface area contributed by atoms with E-state index in [0.29, 0.717) is 26.6 Å². The second-order valence-electron chi connectivity index (χ2n) is 7.34. The Balaban J connectivity index is 1.57. The largest absolute Gasteiger partial charge is 0.325 e. The summed E-state index contributed by atoms with van der Waals surface area (Å²) in [5.74, 6) is -0.303. The van der Waals surface area contributed by atoms with Crippen LogP contribution in [-0.2, 0) is 11.8 Å². The average molecular weight is 464 g/mol. The Labute approximate surface area is 193 Å². The number of hydrogen-bond acceptors (Lipinski definition) is 6. The first-order chi connectivity index (χ1) is 15.3. The normalized spacial score (nSPS) is 12.0. The van der Waals surface area contributed by atoms with Crippen molar-refractivity contribution in [1.82, 2.24) is 9.55 Å². The van der Waals surface area contributed by atoms with Crippen LogP contribution in [0.2, 0.25) is 0 Å². The van der Waals surface area contributed by atoms with Gasteiger partial charge in [-0.05, 0) is 37.6 Å². The van der Waals surface area contributed by atoms with Crippen LogP contribution in [0.15, 0.2) is 70.6 Å². The molecule has 0 aliphatic carbocycles. The van der Waals surface area contributed by atoms with Crippen LogP contribution < -0.4 is 10.9 Å². The zero-order valence-electron chi connectivity index (χ0n) is 17.8. The molecule has 1 amide bonds. The van der Waals surface area contributed by atoms with Crippen molar-refractivity contribution in [1.29, 1.82) is 0 Å². The van der Waals surface area contributed by atoms with E-state index < -0.39 is 5.25 Å². The number of nitrogens with zero attached hydrogens (tertiary/aromatic N) is 2. The lowest BCUT2D eigenvalue weighted by Crippen LogP contribution is -2.25. The van der Waals surface area contributed by atoms with Crippen molar-refractivity contribution >= 4 is 50.7 Å². The minimum absolute atomic E-state index is 0.0677. The van der Waals surface area contributed by atoms with Crippen molar-refractivity contribution in [2.75, 3.05) is 5.32 Å². The Bertz CT molecular complexity index is 1380. The quantitative estimate of drug-likeness (QED) is 0.248. The van der Waals surface area contributed by atoms with E-state index >= 15 is 0 Å². The van der Waals surface area contributed by atoms with Crippen LogP contribution in [0.25, 0.3) is 20.7 Å². The summed E-state index contributed by atoms with van der Waals surface area (Å²) < 4.78 is 1.48. The molecule has 32 heavy (non-hydrogen) atoms. The number of fused-ring (bicyclic) bond motifs is 1. The summed E-state index contributed by atoms with van der Waals surface area (Å²) in [6.07, 6.45) is 0. The third-order valence-electron chi connectivity index (χ3n) is 4.98. The maximum atomic E-state index is 12.9. The molecule has 2 aromatic heterocycles. The van der Waals surface area contributed by atoms with Gasteiger partial charge in [-0.15, -0.1) is 11.3 Å². The molecule has 2 heterocycles. The summed E-state index contributed by atoms with van der Waals surface area (Å²) in [5, 5.41) is 3.37. The first-order valence-electron chi connectivity index (χ1n) is 9.98. The number of hydrogen-bond donors (Lipinski definition) is 1. The molecule has 0 radical (unpaired) electrons. The molecule has 0 saturated heterocycles. The fraction of sp³-hybridized carbons (Fsp3) is 0.167. The molecule has 4 aromatic rings. The van der Waals surface area contributed by atoms with Gasteiger partial charge in [0, 0.05) is 23.2 Å². The Morgan fingerprint density at radius 2 is 1.84 bits per heavy atom. The molecule has 0 aliphatic heterocycles. The van der Waals surface area contributed by atoms with Gasteiger partial charge in [0.25, 0.3) is 5.56 Å². The molecule has 6 nitrogen and oxygen atoms in total. The van der Waals surface area contributed by atoms with Crippen molar-refractivity contribution in [3.05, 3.63) is 76.6 Å². The smallest absolute Gasteiger partial charge is 0.262 e. The summed E-state index contributed by atoms with van der Waals surface area (Å²) in [7, 11) is 1.66. The Hall–Kier alpha value is -3.23. The third-order valence-corrected chi connectivity index (χ3v) is 7.20. The van der Waals surface area contributed by atoms with E-state index in [0.717, 1.165) is 10.4 Å². The van der Waals surface area contributed by atoms with Crippen LogP contribution in [0.4, 0.5) is 5.69 Å². The highest BCUT2D eigenvalue weighted by Crippen LogP contribution is 2.32. The second-order valence-corrected chi connectivity index (χ2v) is 9.68. The molecule has 0 spiro atoms. The molecule has 0 saturated carbocycles. The van der Waals surface area contributed by atoms with Gasteiger partial charge in [-0.25, -0.2) is 4.98 Å². The average Bonchev–Trinajstić information content (AvgIpc) is 3.22. The molecule has 4 rings (SSSR count). The van der Waals surface area contributed by atoms with E-state index in [1.165, 1.54) is 34.6 Å². The predicted octanol–water partition coefficient (Wildman–Crippen LogP) is 4.98. The second kappa shape index (κ2) is 9.10. The highest BCUT2D eigenvalue weighted by atomic mass is 32.2. The number of thioether (sulfide) groups is 1. The van der Waals surface area contributed by atoms with Gasteiger partial charge in [-0.2, -0.15) is 0 Å². The van der Waals surface area contributed by atoms with Crippen LogP contribution >= 0.6 is 23.1 Å². The lowest BCUT2D eigenvalue weighted by atomic mass is 10.1. The summed E-state index contributed by atoms with van der Waals surface area (Å²) in [5.41, 5.74) is 1.98. The molecule has 1 N–H and O–H groups in total. The van der Waals surface area contributed by atoms with Crippen LogP contribution in [0.3, 0.4) is 0 Å². The summed E-state index contributed by atoms with van der Waals surface area (Å²) in [4.78, 5) is 43.5. The molecule has 1 unspecified atom stereocenters. The monoisotopic (exact) mass is 463 g/mol. The van der Waals surface area contributed by atoms with Crippen LogP contribution in [0.1, 0.15) is 24.2 Å². The minimum atomic E-state index is -0.500. The minimum Gasteiger partial charge on any atom is -0.325 e. The van der Waals surface area contributed by atoms with Crippen molar-refractivity contribution in [2.24, 2.45) is 7.05 Å². The summed E-state index contributed by atoms with van der Waals surface area (Å²) in [6.45, 7) is 3.24. The van der Waals surface area contributed by atoms with E-state index in [1.807, 2.05) is 36.4 Å². The Morgan fingerprint density at radius 3 is 2.56 bits per heavy atom. The standard InChI is InChI=1S/C24H21N3O3S2/c1-14(28)17-10-7-11-18(12-17)25-21(29)15(2)31-24-26-22-19(23(30)27(24)3)13-20(32-22)16-8-5-4-6-9-16/h4-13,15H,1-3H3,(H,25,29). The van der Waals surface area contributed by atoms with Gasteiger partial charge in [0.1, 0.15) is 4.83 Å². The molecular formula is C24H21N3O3S2.